The van der Waals surface area contributed by atoms with Crippen LogP contribution in [-0.2, 0) is 12.8 Å². The Morgan fingerprint density at radius 3 is 2.82 bits per heavy atom. The van der Waals surface area contributed by atoms with Gasteiger partial charge in [0.2, 0.25) is 5.95 Å². The van der Waals surface area contributed by atoms with Crippen molar-refractivity contribution in [1.29, 1.82) is 0 Å². The summed E-state index contributed by atoms with van der Waals surface area (Å²) in [5, 5.41) is 12.0. The van der Waals surface area contributed by atoms with E-state index in [1.165, 1.54) is 0 Å². The molecule has 0 saturated carbocycles. The minimum Gasteiger partial charge on any atom is -0.341 e. The van der Waals surface area contributed by atoms with E-state index in [4.69, 9.17) is 0 Å². The van der Waals surface area contributed by atoms with Crippen LogP contribution in [0.3, 0.4) is 0 Å². The molecule has 6 bridgehead atoms. The molecule has 28 heavy (non-hydrogen) atoms. The van der Waals surface area contributed by atoms with Gasteiger partial charge in [0, 0.05) is 36.4 Å². The number of nitrogens with one attached hydrogen (secondary N) is 4. The zero-order valence-corrected chi connectivity index (χ0v) is 15.7. The van der Waals surface area contributed by atoms with Crippen LogP contribution < -0.4 is 21.3 Å². The van der Waals surface area contributed by atoms with Gasteiger partial charge in [-0.1, -0.05) is 0 Å². The molecule has 0 fully saturated rings. The standard InChI is InChI=1S/C20H21N7O/c1-12-9-23-19-25-16-7-13(10-22-11-16)3-4-14-8-15(24-18(12)27-19)5-6-17(14)26-20(28)21-2/h5-11H,3-4H2,1-2H3,(H2,21,26,28)(H2,23,24,25,27). The zero-order chi connectivity index (χ0) is 19.5. The Labute approximate surface area is 162 Å². The van der Waals surface area contributed by atoms with E-state index in [-0.39, 0.29) is 6.03 Å². The average Bonchev–Trinajstić information content (AvgIpc) is 2.70. The molecule has 1 aliphatic rings. The quantitative estimate of drug-likeness (QED) is 0.519. The van der Waals surface area contributed by atoms with Gasteiger partial charge < -0.3 is 21.3 Å². The van der Waals surface area contributed by atoms with Gasteiger partial charge in [0.1, 0.15) is 5.82 Å². The second-order valence-corrected chi connectivity index (χ2v) is 6.63. The number of carbonyl (C=O) groups excluding carboxylic acids is 1. The van der Waals surface area contributed by atoms with Crippen LogP contribution >= 0.6 is 0 Å². The molecule has 1 aliphatic heterocycles. The molecule has 0 atom stereocenters. The lowest BCUT2D eigenvalue weighted by atomic mass is 10.0. The molecule has 0 unspecified atom stereocenters. The predicted octanol–water partition coefficient (Wildman–Crippen LogP) is 3.52. The van der Waals surface area contributed by atoms with Crippen molar-refractivity contribution in [3.63, 3.8) is 0 Å². The Bertz CT molecular complexity index is 1030. The number of aromatic nitrogens is 3. The zero-order valence-electron chi connectivity index (χ0n) is 15.7. The molecule has 4 rings (SSSR count). The molecule has 4 N–H and O–H groups in total. The van der Waals surface area contributed by atoms with E-state index >= 15 is 0 Å². The van der Waals surface area contributed by atoms with Crippen LogP contribution in [0.2, 0.25) is 0 Å². The smallest absolute Gasteiger partial charge is 0.318 e. The fourth-order valence-electron chi connectivity index (χ4n) is 3.05. The molecule has 3 aromatic rings. The third kappa shape index (κ3) is 3.85. The maximum absolute atomic E-state index is 11.8. The number of anilines is 5. The first-order valence-corrected chi connectivity index (χ1v) is 9.04. The number of aryl methyl sites for hydroxylation is 3. The average molecular weight is 375 g/mol. The number of urea groups is 1. The van der Waals surface area contributed by atoms with Crippen molar-refractivity contribution < 1.29 is 4.79 Å². The number of amides is 2. The molecular weight excluding hydrogens is 354 g/mol. The van der Waals surface area contributed by atoms with Gasteiger partial charge in [-0.15, -0.1) is 0 Å². The van der Waals surface area contributed by atoms with E-state index in [0.29, 0.717) is 5.95 Å². The number of carbonyl (C=O) groups is 1. The van der Waals surface area contributed by atoms with E-state index in [0.717, 1.165) is 52.4 Å². The molecule has 142 valence electrons. The van der Waals surface area contributed by atoms with Gasteiger partial charge in [-0.2, -0.15) is 4.98 Å². The van der Waals surface area contributed by atoms with Crippen LogP contribution in [0, 0.1) is 6.92 Å². The van der Waals surface area contributed by atoms with Crippen molar-refractivity contribution in [3.05, 3.63) is 59.5 Å². The summed E-state index contributed by atoms with van der Waals surface area (Å²) in [5.74, 6) is 1.23. The highest BCUT2D eigenvalue weighted by atomic mass is 16.2. The van der Waals surface area contributed by atoms with Gasteiger partial charge >= 0.3 is 6.03 Å². The fraction of sp³-hybridized carbons (Fsp3) is 0.200. The predicted molar refractivity (Wildman–Crippen MR) is 109 cm³/mol. The summed E-state index contributed by atoms with van der Waals surface area (Å²) in [7, 11) is 1.60. The summed E-state index contributed by atoms with van der Waals surface area (Å²) in [5.41, 5.74) is 5.55. The van der Waals surface area contributed by atoms with Gasteiger partial charge in [0.05, 0.1) is 11.9 Å². The number of pyridine rings is 1. The number of fused-ring (bicyclic) bond motifs is 6. The maximum atomic E-state index is 11.8. The number of nitrogens with zero attached hydrogens (tertiary/aromatic N) is 3. The molecule has 0 radical (unpaired) electrons. The summed E-state index contributed by atoms with van der Waals surface area (Å²) >= 11 is 0. The molecule has 2 amide bonds. The lowest BCUT2D eigenvalue weighted by Crippen LogP contribution is -2.25. The van der Waals surface area contributed by atoms with Crippen LogP contribution in [0.25, 0.3) is 0 Å². The summed E-state index contributed by atoms with van der Waals surface area (Å²) in [6.45, 7) is 1.95. The molecular formula is C20H21N7O. The second kappa shape index (κ2) is 7.51. The lowest BCUT2D eigenvalue weighted by Gasteiger charge is -2.14. The molecule has 0 saturated heterocycles. The Hall–Kier alpha value is -3.68. The number of benzene rings is 1. The van der Waals surface area contributed by atoms with Crippen molar-refractivity contribution in [3.8, 4) is 0 Å². The first-order chi connectivity index (χ1) is 13.6. The maximum Gasteiger partial charge on any atom is 0.318 e. The van der Waals surface area contributed by atoms with E-state index < -0.39 is 0 Å². The van der Waals surface area contributed by atoms with Crippen molar-refractivity contribution >= 4 is 34.9 Å². The van der Waals surface area contributed by atoms with Crippen LogP contribution in [-0.4, -0.2) is 28.0 Å². The molecule has 8 nitrogen and oxygen atoms in total. The first-order valence-electron chi connectivity index (χ1n) is 9.04. The summed E-state index contributed by atoms with van der Waals surface area (Å²) in [4.78, 5) is 25.1. The van der Waals surface area contributed by atoms with Crippen LogP contribution in [0.1, 0.15) is 16.7 Å². The largest absolute Gasteiger partial charge is 0.341 e. The van der Waals surface area contributed by atoms with Crippen molar-refractivity contribution in [2.24, 2.45) is 0 Å². The normalized spacial score (nSPS) is 12.4. The molecule has 0 spiro atoms. The summed E-state index contributed by atoms with van der Waals surface area (Å²) < 4.78 is 0. The molecule has 0 aliphatic carbocycles. The highest BCUT2D eigenvalue weighted by Crippen LogP contribution is 2.27. The Balaban J connectivity index is 1.79. The second-order valence-electron chi connectivity index (χ2n) is 6.63. The number of hydrogen-bond acceptors (Lipinski definition) is 6. The number of rotatable bonds is 1. The minimum absolute atomic E-state index is 0.246. The first kappa shape index (κ1) is 17.7. The number of hydrogen-bond donors (Lipinski definition) is 4. The van der Waals surface area contributed by atoms with Crippen LogP contribution in [0.5, 0.6) is 0 Å². The van der Waals surface area contributed by atoms with Gasteiger partial charge in [0.25, 0.3) is 0 Å². The molecule has 3 heterocycles. The van der Waals surface area contributed by atoms with Gasteiger partial charge in [0.15, 0.2) is 0 Å². The minimum atomic E-state index is -0.246. The van der Waals surface area contributed by atoms with Crippen LogP contribution in [0.15, 0.2) is 42.9 Å². The third-order valence-electron chi connectivity index (χ3n) is 4.55. The highest BCUT2D eigenvalue weighted by Gasteiger charge is 2.11. The van der Waals surface area contributed by atoms with Crippen molar-refractivity contribution in [2.45, 2.75) is 19.8 Å². The van der Waals surface area contributed by atoms with E-state index in [1.807, 2.05) is 37.4 Å². The Morgan fingerprint density at radius 1 is 1.07 bits per heavy atom. The molecule has 2 aromatic heterocycles. The van der Waals surface area contributed by atoms with E-state index in [2.05, 4.69) is 36.2 Å². The SMILES string of the molecule is CNC(=O)Nc1ccc2cc1CCc1cncc(c1)Nc1ncc(C)c(n1)N2. The van der Waals surface area contributed by atoms with Gasteiger partial charge in [-0.05, 0) is 55.2 Å². The highest BCUT2D eigenvalue weighted by molar-refractivity contribution is 5.90. The molecule has 8 heteroatoms. The topological polar surface area (TPSA) is 104 Å². The Morgan fingerprint density at radius 2 is 1.96 bits per heavy atom. The van der Waals surface area contributed by atoms with Gasteiger partial charge in [-0.25, -0.2) is 9.78 Å². The van der Waals surface area contributed by atoms with E-state index in [9.17, 15) is 4.79 Å². The third-order valence-corrected chi connectivity index (χ3v) is 4.55. The van der Waals surface area contributed by atoms with Crippen LogP contribution in [0.4, 0.5) is 33.6 Å². The Kier molecular flexibility index (Phi) is 4.76. The lowest BCUT2D eigenvalue weighted by molar-refractivity contribution is 0.254. The van der Waals surface area contributed by atoms with Crippen molar-refractivity contribution in [1.82, 2.24) is 20.3 Å². The summed E-state index contributed by atoms with van der Waals surface area (Å²) in [6, 6.07) is 7.65. The fourth-order valence-corrected chi connectivity index (χ4v) is 3.05. The summed E-state index contributed by atoms with van der Waals surface area (Å²) in [6.07, 6.45) is 6.91. The van der Waals surface area contributed by atoms with Crippen molar-refractivity contribution in [2.75, 3.05) is 23.0 Å². The monoisotopic (exact) mass is 375 g/mol. The molecule has 1 aromatic carbocycles. The van der Waals surface area contributed by atoms with Gasteiger partial charge in [-0.3, -0.25) is 4.98 Å². The van der Waals surface area contributed by atoms with E-state index in [1.54, 1.807) is 19.4 Å².